The molecule has 0 radical (unpaired) electrons. The molecule has 1 saturated heterocycles. The van der Waals surface area contributed by atoms with Gasteiger partial charge < -0.3 is 14.4 Å². The molecule has 0 aliphatic carbocycles. The lowest BCUT2D eigenvalue weighted by atomic mass is 9.91. The van der Waals surface area contributed by atoms with Gasteiger partial charge in [0.1, 0.15) is 5.82 Å². The number of rotatable bonds is 4. The number of aromatic nitrogens is 4. The van der Waals surface area contributed by atoms with Crippen molar-refractivity contribution in [1.82, 2.24) is 19.7 Å². The number of benzene rings is 1. The first-order chi connectivity index (χ1) is 14.8. The van der Waals surface area contributed by atoms with Crippen molar-refractivity contribution in [3.63, 3.8) is 0 Å². The number of carbonyl (C=O) groups is 1. The highest BCUT2D eigenvalue weighted by molar-refractivity contribution is 5.93. The average Bonchev–Trinajstić information content (AvgIpc) is 3.44. The number of H-pyrrole nitrogens is 1. The van der Waals surface area contributed by atoms with Gasteiger partial charge in [0, 0.05) is 28.2 Å². The van der Waals surface area contributed by atoms with Crippen molar-refractivity contribution in [2.75, 3.05) is 6.61 Å². The predicted molar refractivity (Wildman–Crippen MR) is 114 cm³/mol. The summed E-state index contributed by atoms with van der Waals surface area (Å²) >= 11 is 0. The Hall–Kier alpha value is -3.26. The van der Waals surface area contributed by atoms with Crippen LogP contribution in [0.4, 0.5) is 4.39 Å². The number of hydrogen-bond acceptors (Lipinski definition) is 4. The number of aryl methyl sites for hydroxylation is 1. The summed E-state index contributed by atoms with van der Waals surface area (Å²) in [5.41, 5.74) is 5.78. The number of halogens is 1. The molecule has 2 N–H and O–H groups in total. The van der Waals surface area contributed by atoms with Gasteiger partial charge in [-0.25, -0.2) is 14.2 Å². The van der Waals surface area contributed by atoms with Crippen LogP contribution < -0.4 is 0 Å². The van der Waals surface area contributed by atoms with Crippen molar-refractivity contribution in [3.05, 3.63) is 53.1 Å². The number of pyridine rings is 1. The quantitative estimate of drug-likeness (QED) is 0.508. The van der Waals surface area contributed by atoms with E-state index in [9.17, 15) is 14.3 Å². The molecule has 1 unspecified atom stereocenters. The van der Waals surface area contributed by atoms with Gasteiger partial charge in [0.2, 0.25) is 0 Å². The highest BCUT2D eigenvalue weighted by atomic mass is 19.1. The molecular weight excluding hydrogens is 399 g/mol. The number of fused-ring (bicyclic) bond motifs is 2. The van der Waals surface area contributed by atoms with Crippen molar-refractivity contribution in [2.45, 2.75) is 45.1 Å². The van der Waals surface area contributed by atoms with Crippen LogP contribution in [0.1, 0.15) is 48.9 Å². The van der Waals surface area contributed by atoms with Crippen LogP contribution in [0.15, 0.2) is 30.5 Å². The Balaban J connectivity index is 1.83. The fraction of sp³-hybridized carbons (Fsp3) is 0.348. The highest BCUT2D eigenvalue weighted by Crippen LogP contribution is 2.42. The van der Waals surface area contributed by atoms with Gasteiger partial charge in [-0.2, -0.15) is 5.10 Å². The Kier molecular flexibility index (Phi) is 4.55. The van der Waals surface area contributed by atoms with E-state index in [4.69, 9.17) is 9.72 Å². The minimum atomic E-state index is -0.949. The largest absolute Gasteiger partial charge is 0.479 e. The first-order valence-electron chi connectivity index (χ1n) is 10.3. The molecule has 7 nitrogen and oxygen atoms in total. The van der Waals surface area contributed by atoms with Crippen LogP contribution >= 0.6 is 0 Å². The molecule has 4 aromatic rings. The lowest BCUT2D eigenvalue weighted by Gasteiger charge is -2.18. The van der Waals surface area contributed by atoms with Gasteiger partial charge in [0.25, 0.3) is 0 Å². The molecule has 1 aliphatic rings. The van der Waals surface area contributed by atoms with E-state index in [0.29, 0.717) is 24.2 Å². The van der Waals surface area contributed by atoms with Gasteiger partial charge in [0.05, 0.1) is 23.8 Å². The summed E-state index contributed by atoms with van der Waals surface area (Å²) < 4.78 is 21.7. The predicted octanol–water partition coefficient (Wildman–Crippen LogP) is 4.43. The van der Waals surface area contributed by atoms with Gasteiger partial charge in [-0.05, 0) is 49.1 Å². The van der Waals surface area contributed by atoms with E-state index < -0.39 is 12.1 Å². The zero-order valence-corrected chi connectivity index (χ0v) is 17.5. The van der Waals surface area contributed by atoms with Crippen molar-refractivity contribution >= 4 is 28.0 Å². The summed E-state index contributed by atoms with van der Waals surface area (Å²) in [7, 11) is 0. The van der Waals surface area contributed by atoms with Crippen LogP contribution in [0, 0.1) is 12.7 Å². The third-order valence-corrected chi connectivity index (χ3v) is 6.05. The van der Waals surface area contributed by atoms with Gasteiger partial charge in [0.15, 0.2) is 11.8 Å². The highest BCUT2D eigenvalue weighted by Gasteiger charge is 2.36. The standard InChI is InChI=1S/C23H23FN4O3/c1-11(2)21-19(14-8-18(23(29)30)31-10-14)20-17(7-13-9-25-27-22(13)26-20)28(21)15-4-5-16(24)12(3)6-15/h4-7,9,11,14,18H,8,10H2,1-3H3,(H,29,30)(H,25,26,27)/t14-,18?/m0/s1. The number of hydrogen-bond donors (Lipinski definition) is 2. The second kappa shape index (κ2) is 7.16. The van der Waals surface area contributed by atoms with Gasteiger partial charge in [-0.3, -0.25) is 5.10 Å². The summed E-state index contributed by atoms with van der Waals surface area (Å²) in [6.45, 7) is 6.27. The number of carboxylic acids is 1. The van der Waals surface area contributed by atoms with E-state index in [1.807, 2.05) is 12.1 Å². The Bertz CT molecular complexity index is 1320. The molecule has 1 fully saturated rings. The summed E-state index contributed by atoms with van der Waals surface area (Å²) in [6.07, 6.45) is 1.29. The lowest BCUT2D eigenvalue weighted by Crippen LogP contribution is -2.18. The van der Waals surface area contributed by atoms with Crippen molar-refractivity contribution in [1.29, 1.82) is 0 Å². The smallest absolute Gasteiger partial charge is 0.332 e. The van der Waals surface area contributed by atoms with E-state index in [1.54, 1.807) is 19.2 Å². The summed E-state index contributed by atoms with van der Waals surface area (Å²) in [5.74, 6) is -1.18. The topological polar surface area (TPSA) is 93.0 Å². The third kappa shape index (κ3) is 3.09. The fourth-order valence-electron chi connectivity index (χ4n) is 4.63. The van der Waals surface area contributed by atoms with Crippen LogP contribution in [0.3, 0.4) is 0 Å². The SMILES string of the molecule is Cc1cc(-n2c(C(C)C)c([C@@H]3COC(C(=O)O)C3)c3nc4[nH]ncc4cc32)ccc1F. The molecule has 8 heteroatoms. The number of aromatic amines is 1. The van der Waals surface area contributed by atoms with Gasteiger partial charge in [-0.15, -0.1) is 0 Å². The molecular formula is C23H23FN4O3. The Morgan fingerprint density at radius 3 is 2.84 bits per heavy atom. The van der Waals surface area contributed by atoms with Crippen molar-refractivity contribution in [2.24, 2.45) is 0 Å². The van der Waals surface area contributed by atoms with E-state index in [0.717, 1.165) is 33.4 Å². The third-order valence-electron chi connectivity index (χ3n) is 6.05. The molecule has 160 valence electrons. The van der Waals surface area contributed by atoms with Crippen molar-refractivity contribution in [3.8, 4) is 5.69 Å². The minimum Gasteiger partial charge on any atom is -0.479 e. The van der Waals surface area contributed by atoms with Crippen LogP contribution in [0.25, 0.3) is 27.8 Å². The maximum Gasteiger partial charge on any atom is 0.332 e. The number of nitrogens with zero attached hydrogens (tertiary/aromatic N) is 3. The molecule has 5 rings (SSSR count). The first kappa shape index (κ1) is 19.7. The zero-order chi connectivity index (χ0) is 21.9. The Morgan fingerprint density at radius 1 is 1.35 bits per heavy atom. The molecule has 0 amide bonds. The van der Waals surface area contributed by atoms with E-state index in [-0.39, 0.29) is 17.7 Å². The van der Waals surface area contributed by atoms with E-state index in [2.05, 4.69) is 28.6 Å². The Morgan fingerprint density at radius 2 is 2.16 bits per heavy atom. The average molecular weight is 422 g/mol. The van der Waals surface area contributed by atoms with Gasteiger partial charge in [-0.1, -0.05) is 13.8 Å². The molecule has 1 aromatic carbocycles. The summed E-state index contributed by atoms with van der Waals surface area (Å²) in [4.78, 5) is 16.4. The van der Waals surface area contributed by atoms with Crippen LogP contribution in [-0.4, -0.2) is 43.5 Å². The molecule has 0 bridgehead atoms. The molecule has 3 aromatic heterocycles. The normalized spacial score (nSPS) is 19.1. The van der Waals surface area contributed by atoms with Crippen LogP contribution in [0.2, 0.25) is 0 Å². The number of ether oxygens (including phenoxy) is 1. The van der Waals surface area contributed by atoms with Crippen molar-refractivity contribution < 1.29 is 19.0 Å². The fourth-order valence-corrected chi connectivity index (χ4v) is 4.63. The van der Waals surface area contributed by atoms with E-state index in [1.165, 1.54) is 6.07 Å². The molecule has 4 heterocycles. The Labute approximate surface area is 177 Å². The second-order valence-corrected chi connectivity index (χ2v) is 8.48. The van der Waals surface area contributed by atoms with E-state index >= 15 is 0 Å². The molecule has 1 aliphatic heterocycles. The summed E-state index contributed by atoms with van der Waals surface area (Å²) in [6, 6.07) is 7.10. The molecule has 2 atom stereocenters. The minimum absolute atomic E-state index is 0.100. The maximum absolute atomic E-state index is 14.0. The number of nitrogens with one attached hydrogen (secondary N) is 1. The lowest BCUT2D eigenvalue weighted by molar-refractivity contribution is -0.147. The maximum atomic E-state index is 14.0. The molecule has 0 saturated carbocycles. The second-order valence-electron chi connectivity index (χ2n) is 8.48. The van der Waals surface area contributed by atoms with Crippen LogP contribution in [0.5, 0.6) is 0 Å². The monoisotopic (exact) mass is 422 g/mol. The first-order valence-corrected chi connectivity index (χ1v) is 10.3. The molecule has 31 heavy (non-hydrogen) atoms. The number of aliphatic carboxylic acids is 1. The zero-order valence-electron chi connectivity index (χ0n) is 17.5. The number of carboxylic acid groups (broad SMARTS) is 1. The molecule has 0 spiro atoms. The summed E-state index contributed by atoms with van der Waals surface area (Å²) in [5, 5.41) is 17.3. The van der Waals surface area contributed by atoms with Gasteiger partial charge >= 0.3 is 5.97 Å². The van der Waals surface area contributed by atoms with Crippen LogP contribution in [-0.2, 0) is 9.53 Å².